The molecule has 0 saturated heterocycles. The molecule has 0 radical (unpaired) electrons. The normalized spacial score (nSPS) is 10.8. The minimum absolute atomic E-state index is 0.0159. The standard InChI is InChI=1S/C19H12N2O3/c22-21(23)19-14-9-4-5-10-15(14)20-16-11-6-12-17(18(16)19)24-13-7-2-1-3-8-13/h1-12H. The minimum Gasteiger partial charge on any atom is -0.456 e. The Morgan fingerprint density at radius 2 is 1.54 bits per heavy atom. The summed E-state index contributed by atoms with van der Waals surface area (Å²) in [5, 5.41) is 12.7. The first-order valence-electron chi connectivity index (χ1n) is 7.43. The fourth-order valence-electron chi connectivity index (χ4n) is 2.78. The third kappa shape index (κ3) is 2.32. The highest BCUT2D eigenvalue weighted by atomic mass is 16.6. The minimum atomic E-state index is -0.371. The highest BCUT2D eigenvalue weighted by Gasteiger charge is 2.22. The second-order valence-corrected chi connectivity index (χ2v) is 5.30. The summed E-state index contributed by atoms with van der Waals surface area (Å²) in [7, 11) is 0. The van der Waals surface area contributed by atoms with Gasteiger partial charge in [0.25, 0.3) is 5.69 Å². The highest BCUT2D eigenvalue weighted by molar-refractivity contribution is 6.06. The number of pyridine rings is 1. The van der Waals surface area contributed by atoms with E-state index in [2.05, 4.69) is 4.98 Å². The molecule has 0 aliphatic rings. The summed E-state index contributed by atoms with van der Waals surface area (Å²) in [5.41, 5.74) is 1.14. The van der Waals surface area contributed by atoms with Crippen molar-refractivity contribution in [1.29, 1.82) is 0 Å². The molecule has 0 unspecified atom stereocenters. The van der Waals surface area contributed by atoms with Crippen LogP contribution in [-0.4, -0.2) is 9.91 Å². The number of ether oxygens (including phenoxy) is 1. The van der Waals surface area contributed by atoms with E-state index in [1.807, 2.05) is 24.3 Å². The molecule has 0 aliphatic carbocycles. The number of fused-ring (bicyclic) bond motifs is 2. The van der Waals surface area contributed by atoms with Crippen LogP contribution in [0.25, 0.3) is 21.8 Å². The van der Waals surface area contributed by atoms with Crippen LogP contribution in [0.15, 0.2) is 72.8 Å². The van der Waals surface area contributed by atoms with Crippen molar-refractivity contribution >= 4 is 27.5 Å². The lowest BCUT2D eigenvalue weighted by Crippen LogP contribution is -1.96. The van der Waals surface area contributed by atoms with E-state index in [-0.39, 0.29) is 10.6 Å². The van der Waals surface area contributed by atoms with E-state index in [1.165, 1.54) is 0 Å². The van der Waals surface area contributed by atoms with Crippen LogP contribution in [0.1, 0.15) is 0 Å². The summed E-state index contributed by atoms with van der Waals surface area (Å²) in [5.74, 6) is 1.04. The lowest BCUT2D eigenvalue weighted by Gasteiger charge is -2.10. The predicted octanol–water partition coefficient (Wildman–Crippen LogP) is 5.09. The van der Waals surface area contributed by atoms with Gasteiger partial charge in [0.15, 0.2) is 0 Å². The van der Waals surface area contributed by atoms with Crippen molar-refractivity contribution < 1.29 is 9.66 Å². The maximum Gasteiger partial charge on any atom is 0.291 e. The van der Waals surface area contributed by atoms with Gasteiger partial charge in [-0.2, -0.15) is 0 Å². The van der Waals surface area contributed by atoms with Gasteiger partial charge in [-0.1, -0.05) is 36.4 Å². The van der Waals surface area contributed by atoms with Crippen molar-refractivity contribution in [3.8, 4) is 11.5 Å². The Balaban J connectivity index is 2.05. The Kier molecular flexibility index (Phi) is 3.31. The molecule has 4 rings (SSSR count). The SMILES string of the molecule is O=[N+]([O-])c1c2ccccc2nc2cccc(Oc3ccccc3)c12. The van der Waals surface area contributed by atoms with Gasteiger partial charge in [0.1, 0.15) is 16.9 Å². The smallest absolute Gasteiger partial charge is 0.291 e. The molecule has 0 fully saturated rings. The van der Waals surface area contributed by atoms with Crippen molar-refractivity contribution in [3.05, 3.63) is 82.9 Å². The summed E-state index contributed by atoms with van der Waals surface area (Å²) < 4.78 is 5.89. The van der Waals surface area contributed by atoms with E-state index in [1.54, 1.807) is 48.5 Å². The summed E-state index contributed by atoms with van der Waals surface area (Å²) >= 11 is 0. The second-order valence-electron chi connectivity index (χ2n) is 5.30. The molecule has 4 aromatic rings. The average Bonchev–Trinajstić information content (AvgIpc) is 2.60. The summed E-state index contributed by atoms with van der Waals surface area (Å²) in [6.45, 7) is 0. The fourth-order valence-corrected chi connectivity index (χ4v) is 2.78. The first-order chi connectivity index (χ1) is 11.7. The second kappa shape index (κ2) is 5.62. The summed E-state index contributed by atoms with van der Waals surface area (Å²) in [4.78, 5) is 15.9. The first-order valence-corrected chi connectivity index (χ1v) is 7.43. The van der Waals surface area contributed by atoms with E-state index in [9.17, 15) is 10.1 Å². The number of rotatable bonds is 3. The number of hydrogen-bond acceptors (Lipinski definition) is 4. The quantitative estimate of drug-likeness (QED) is 0.300. The maximum atomic E-state index is 11.8. The number of benzene rings is 3. The molecule has 0 saturated carbocycles. The van der Waals surface area contributed by atoms with E-state index < -0.39 is 0 Å². The monoisotopic (exact) mass is 316 g/mol. The Labute approximate surface area is 137 Å². The number of para-hydroxylation sites is 2. The van der Waals surface area contributed by atoms with Crippen LogP contribution in [0.2, 0.25) is 0 Å². The predicted molar refractivity (Wildman–Crippen MR) is 92.4 cm³/mol. The van der Waals surface area contributed by atoms with Gasteiger partial charge in [-0.05, 0) is 36.4 Å². The Morgan fingerprint density at radius 1 is 0.833 bits per heavy atom. The Bertz CT molecular complexity index is 1060. The molecule has 116 valence electrons. The van der Waals surface area contributed by atoms with Gasteiger partial charge >= 0.3 is 0 Å². The molecule has 0 bridgehead atoms. The molecule has 0 spiro atoms. The number of aromatic nitrogens is 1. The van der Waals surface area contributed by atoms with Gasteiger partial charge in [-0.15, -0.1) is 0 Å². The maximum absolute atomic E-state index is 11.8. The molecular formula is C19H12N2O3. The lowest BCUT2D eigenvalue weighted by atomic mass is 10.1. The molecular weight excluding hydrogens is 304 g/mol. The molecule has 0 atom stereocenters. The zero-order valence-corrected chi connectivity index (χ0v) is 12.5. The average molecular weight is 316 g/mol. The van der Waals surface area contributed by atoms with Gasteiger partial charge in [0, 0.05) is 0 Å². The Morgan fingerprint density at radius 3 is 2.33 bits per heavy atom. The topological polar surface area (TPSA) is 65.3 Å². The van der Waals surface area contributed by atoms with Crippen molar-refractivity contribution in [1.82, 2.24) is 4.98 Å². The van der Waals surface area contributed by atoms with Crippen molar-refractivity contribution in [3.63, 3.8) is 0 Å². The van der Waals surface area contributed by atoms with Crippen LogP contribution in [0, 0.1) is 10.1 Å². The third-order valence-electron chi connectivity index (χ3n) is 3.79. The van der Waals surface area contributed by atoms with Gasteiger partial charge in [-0.3, -0.25) is 10.1 Å². The number of nitrogens with zero attached hydrogens (tertiary/aromatic N) is 2. The van der Waals surface area contributed by atoms with Crippen LogP contribution in [0.4, 0.5) is 5.69 Å². The molecule has 0 amide bonds. The largest absolute Gasteiger partial charge is 0.456 e. The highest BCUT2D eigenvalue weighted by Crippen LogP contribution is 2.39. The van der Waals surface area contributed by atoms with Gasteiger partial charge in [0.2, 0.25) is 0 Å². The molecule has 24 heavy (non-hydrogen) atoms. The van der Waals surface area contributed by atoms with Crippen molar-refractivity contribution in [2.75, 3.05) is 0 Å². The van der Waals surface area contributed by atoms with Crippen LogP contribution in [0.3, 0.4) is 0 Å². The van der Waals surface area contributed by atoms with Crippen LogP contribution < -0.4 is 4.74 Å². The Hall–Kier alpha value is -3.47. The zero-order valence-electron chi connectivity index (χ0n) is 12.5. The number of nitro groups is 1. The van der Waals surface area contributed by atoms with E-state index in [0.717, 1.165) is 0 Å². The lowest BCUT2D eigenvalue weighted by molar-refractivity contribution is -0.381. The van der Waals surface area contributed by atoms with Crippen molar-refractivity contribution in [2.24, 2.45) is 0 Å². The van der Waals surface area contributed by atoms with Gasteiger partial charge in [-0.25, -0.2) is 4.98 Å². The summed E-state index contributed by atoms with van der Waals surface area (Å²) in [6.07, 6.45) is 0. The molecule has 0 N–H and O–H groups in total. The molecule has 1 aromatic heterocycles. The number of hydrogen-bond donors (Lipinski definition) is 0. The summed E-state index contributed by atoms with van der Waals surface area (Å²) in [6, 6.07) is 21.5. The first kappa shape index (κ1) is 14.1. The van der Waals surface area contributed by atoms with E-state index >= 15 is 0 Å². The fraction of sp³-hybridized carbons (Fsp3) is 0. The van der Waals surface area contributed by atoms with Crippen molar-refractivity contribution in [2.45, 2.75) is 0 Å². The molecule has 5 nitrogen and oxygen atoms in total. The van der Waals surface area contributed by atoms with Crippen LogP contribution >= 0.6 is 0 Å². The third-order valence-corrected chi connectivity index (χ3v) is 3.79. The van der Waals surface area contributed by atoms with Crippen LogP contribution in [-0.2, 0) is 0 Å². The van der Waals surface area contributed by atoms with Crippen LogP contribution in [0.5, 0.6) is 11.5 Å². The van der Waals surface area contributed by atoms with E-state index in [4.69, 9.17) is 4.74 Å². The molecule has 0 aliphatic heterocycles. The molecule has 1 heterocycles. The molecule has 5 heteroatoms. The molecule has 3 aromatic carbocycles. The van der Waals surface area contributed by atoms with E-state index in [0.29, 0.717) is 33.3 Å². The zero-order chi connectivity index (χ0) is 16.5. The van der Waals surface area contributed by atoms with Gasteiger partial charge in [0.05, 0.1) is 21.3 Å². The van der Waals surface area contributed by atoms with Gasteiger partial charge < -0.3 is 4.74 Å².